The number of rotatable bonds is 2. The number of pyridine rings is 1. The number of halogens is 1. The standard InChI is InChI=1S/C29H23FN2O/c1-29(2)16-23-25(24(33)17-29)21-14-13-20(30)15-22(21)28-31-26(18-9-5-3-6-10-18)27(32(23)28)19-11-7-4-8-12-19/h3-15H,16-17H2,1-2H3. The highest BCUT2D eigenvalue weighted by Crippen LogP contribution is 2.43. The average molecular weight is 435 g/mol. The molecule has 0 saturated carbocycles. The predicted molar refractivity (Wildman–Crippen MR) is 130 cm³/mol. The summed E-state index contributed by atoms with van der Waals surface area (Å²) in [5.74, 6) is -0.229. The van der Waals surface area contributed by atoms with Crippen molar-refractivity contribution in [2.75, 3.05) is 0 Å². The van der Waals surface area contributed by atoms with Crippen molar-refractivity contribution in [1.82, 2.24) is 9.38 Å². The summed E-state index contributed by atoms with van der Waals surface area (Å²) < 4.78 is 16.6. The van der Waals surface area contributed by atoms with E-state index in [0.717, 1.165) is 40.0 Å². The van der Waals surface area contributed by atoms with E-state index in [4.69, 9.17) is 4.98 Å². The number of fused-ring (bicyclic) bond motifs is 6. The van der Waals surface area contributed by atoms with E-state index in [0.29, 0.717) is 23.0 Å². The lowest BCUT2D eigenvalue weighted by atomic mass is 9.74. The maximum absolute atomic E-state index is 14.4. The highest BCUT2D eigenvalue weighted by molar-refractivity contribution is 6.13. The lowest BCUT2D eigenvalue weighted by molar-refractivity contribution is 0.0912. The van der Waals surface area contributed by atoms with E-state index in [1.54, 1.807) is 6.07 Å². The van der Waals surface area contributed by atoms with Gasteiger partial charge in [0.2, 0.25) is 0 Å². The van der Waals surface area contributed by atoms with Crippen molar-refractivity contribution >= 4 is 22.2 Å². The number of Topliss-reactive ketones (excluding diaryl/α,β-unsaturated/α-hetero) is 1. The molecule has 2 aromatic heterocycles. The van der Waals surface area contributed by atoms with Crippen LogP contribution in [0.2, 0.25) is 0 Å². The number of benzene rings is 3. The van der Waals surface area contributed by atoms with Crippen molar-refractivity contribution < 1.29 is 9.18 Å². The Labute approximate surface area is 191 Å². The molecule has 0 amide bonds. The molecule has 0 aliphatic heterocycles. The topological polar surface area (TPSA) is 34.4 Å². The summed E-state index contributed by atoms with van der Waals surface area (Å²) >= 11 is 0. The van der Waals surface area contributed by atoms with Crippen LogP contribution in [0.5, 0.6) is 0 Å². The van der Waals surface area contributed by atoms with E-state index in [1.807, 2.05) is 48.5 Å². The van der Waals surface area contributed by atoms with Crippen LogP contribution in [-0.4, -0.2) is 15.2 Å². The molecular weight excluding hydrogens is 411 g/mol. The molecule has 0 radical (unpaired) electrons. The Morgan fingerprint density at radius 1 is 0.848 bits per heavy atom. The van der Waals surface area contributed by atoms with E-state index >= 15 is 0 Å². The Morgan fingerprint density at radius 3 is 2.21 bits per heavy atom. The highest BCUT2D eigenvalue weighted by atomic mass is 19.1. The Balaban J connectivity index is 1.86. The number of imidazole rings is 1. The summed E-state index contributed by atoms with van der Waals surface area (Å²) in [4.78, 5) is 18.5. The lowest BCUT2D eigenvalue weighted by Crippen LogP contribution is -2.29. The fraction of sp³-hybridized carbons (Fsp3) is 0.172. The highest BCUT2D eigenvalue weighted by Gasteiger charge is 2.36. The quantitative estimate of drug-likeness (QED) is 0.297. The summed E-state index contributed by atoms with van der Waals surface area (Å²) in [6.07, 6.45) is 1.21. The number of hydrogen-bond donors (Lipinski definition) is 0. The molecule has 0 saturated heterocycles. The Hall–Kier alpha value is -3.79. The van der Waals surface area contributed by atoms with Crippen molar-refractivity contribution in [1.29, 1.82) is 0 Å². The van der Waals surface area contributed by atoms with E-state index in [2.05, 4.69) is 30.4 Å². The summed E-state index contributed by atoms with van der Waals surface area (Å²) in [5.41, 5.74) is 5.94. The number of hydrogen-bond acceptors (Lipinski definition) is 2. The first-order chi connectivity index (χ1) is 15.9. The van der Waals surface area contributed by atoms with Crippen LogP contribution >= 0.6 is 0 Å². The van der Waals surface area contributed by atoms with E-state index in [-0.39, 0.29) is 17.0 Å². The molecule has 5 aromatic rings. The number of carbonyl (C=O) groups excluding carboxylic acids is 1. The molecule has 2 heterocycles. The number of ketones is 1. The van der Waals surface area contributed by atoms with Gasteiger partial charge in [0.25, 0.3) is 0 Å². The van der Waals surface area contributed by atoms with Gasteiger partial charge in [0.05, 0.1) is 11.4 Å². The Morgan fingerprint density at radius 2 is 1.52 bits per heavy atom. The van der Waals surface area contributed by atoms with Crippen molar-refractivity contribution in [2.24, 2.45) is 5.41 Å². The molecule has 33 heavy (non-hydrogen) atoms. The predicted octanol–water partition coefficient (Wildman–Crippen LogP) is 7.12. The van der Waals surface area contributed by atoms with Gasteiger partial charge in [0.1, 0.15) is 11.5 Å². The molecule has 3 aromatic carbocycles. The van der Waals surface area contributed by atoms with Crippen molar-refractivity contribution in [3.05, 3.63) is 95.9 Å². The molecule has 4 heteroatoms. The molecule has 162 valence electrons. The van der Waals surface area contributed by atoms with Gasteiger partial charge in [-0.3, -0.25) is 9.20 Å². The number of aromatic nitrogens is 2. The van der Waals surface area contributed by atoms with Crippen LogP contribution < -0.4 is 0 Å². The molecule has 0 atom stereocenters. The molecule has 0 spiro atoms. The van der Waals surface area contributed by atoms with Gasteiger partial charge in [0, 0.05) is 34.2 Å². The minimum absolute atomic E-state index is 0.105. The fourth-order valence-corrected chi connectivity index (χ4v) is 5.23. The van der Waals surface area contributed by atoms with Gasteiger partial charge in [-0.1, -0.05) is 80.6 Å². The van der Waals surface area contributed by atoms with Gasteiger partial charge < -0.3 is 0 Å². The number of carbonyl (C=O) groups is 1. The monoisotopic (exact) mass is 434 g/mol. The van der Waals surface area contributed by atoms with Gasteiger partial charge in [-0.05, 0) is 29.4 Å². The molecule has 1 aliphatic rings. The molecule has 0 N–H and O–H groups in total. The summed E-state index contributed by atoms with van der Waals surface area (Å²) in [6.45, 7) is 4.26. The minimum Gasteiger partial charge on any atom is -0.295 e. The molecule has 1 aliphatic carbocycles. The van der Waals surface area contributed by atoms with Crippen LogP contribution in [0.3, 0.4) is 0 Å². The number of nitrogens with zero attached hydrogens (tertiary/aromatic N) is 2. The Bertz CT molecular complexity index is 1550. The molecule has 0 bridgehead atoms. The van der Waals surface area contributed by atoms with Crippen molar-refractivity contribution in [2.45, 2.75) is 26.7 Å². The second-order valence-corrected chi connectivity index (χ2v) is 9.65. The van der Waals surface area contributed by atoms with Crippen LogP contribution in [0.4, 0.5) is 4.39 Å². The first kappa shape index (κ1) is 19.9. The van der Waals surface area contributed by atoms with Gasteiger partial charge in [-0.25, -0.2) is 9.37 Å². The normalized spacial score (nSPS) is 15.2. The molecule has 3 nitrogen and oxygen atoms in total. The van der Waals surface area contributed by atoms with Crippen LogP contribution in [-0.2, 0) is 6.42 Å². The molecular formula is C29H23FN2O. The van der Waals surface area contributed by atoms with E-state index in [1.165, 1.54) is 12.1 Å². The summed E-state index contributed by atoms with van der Waals surface area (Å²) in [7, 11) is 0. The van der Waals surface area contributed by atoms with Crippen LogP contribution in [0.25, 0.3) is 38.9 Å². The fourth-order valence-electron chi connectivity index (χ4n) is 5.23. The molecule has 0 unspecified atom stereocenters. The molecule has 6 rings (SSSR count). The van der Waals surface area contributed by atoms with Gasteiger partial charge in [-0.2, -0.15) is 0 Å². The first-order valence-corrected chi connectivity index (χ1v) is 11.2. The second kappa shape index (κ2) is 7.11. The maximum atomic E-state index is 14.4. The van der Waals surface area contributed by atoms with Crippen LogP contribution in [0.15, 0.2) is 78.9 Å². The van der Waals surface area contributed by atoms with E-state index < -0.39 is 0 Å². The summed E-state index contributed by atoms with van der Waals surface area (Å²) in [6, 6.07) is 24.9. The lowest BCUT2D eigenvalue weighted by Gasteiger charge is -2.32. The average Bonchev–Trinajstić information content (AvgIpc) is 3.21. The van der Waals surface area contributed by atoms with E-state index in [9.17, 15) is 9.18 Å². The van der Waals surface area contributed by atoms with Crippen molar-refractivity contribution in [3.8, 4) is 22.5 Å². The summed E-state index contributed by atoms with van der Waals surface area (Å²) in [5, 5.41) is 1.45. The van der Waals surface area contributed by atoms with Gasteiger partial charge in [0.15, 0.2) is 5.78 Å². The SMILES string of the molecule is CC1(C)CC(=O)c2c(n3c(-c4ccccc4)c(-c4ccccc4)nc3c3cc(F)ccc23)C1. The largest absolute Gasteiger partial charge is 0.295 e. The smallest absolute Gasteiger partial charge is 0.165 e. The zero-order valence-corrected chi connectivity index (χ0v) is 18.6. The third kappa shape index (κ3) is 3.09. The van der Waals surface area contributed by atoms with Crippen LogP contribution in [0, 0.1) is 11.2 Å². The third-order valence-electron chi connectivity index (χ3n) is 6.59. The minimum atomic E-state index is -0.335. The van der Waals surface area contributed by atoms with Crippen LogP contribution in [0.1, 0.15) is 36.3 Å². The maximum Gasteiger partial charge on any atom is 0.165 e. The second-order valence-electron chi connectivity index (χ2n) is 9.65. The zero-order chi connectivity index (χ0) is 22.7. The third-order valence-corrected chi connectivity index (χ3v) is 6.59. The Kier molecular flexibility index (Phi) is 4.28. The first-order valence-electron chi connectivity index (χ1n) is 11.2. The molecule has 0 fully saturated rings. The van der Waals surface area contributed by atoms with Crippen molar-refractivity contribution in [3.63, 3.8) is 0 Å². The zero-order valence-electron chi connectivity index (χ0n) is 18.6. The van der Waals surface area contributed by atoms with Gasteiger partial charge in [-0.15, -0.1) is 0 Å². The van der Waals surface area contributed by atoms with Gasteiger partial charge >= 0.3 is 0 Å².